The molecule has 0 bridgehead atoms. The van der Waals surface area contributed by atoms with Gasteiger partial charge < -0.3 is 19.9 Å². The molecule has 6 nitrogen and oxygen atoms in total. The van der Waals surface area contributed by atoms with Crippen LogP contribution in [0, 0.1) is 0 Å². The monoisotopic (exact) mass is 413 g/mol. The molecule has 0 saturated carbocycles. The van der Waals surface area contributed by atoms with Crippen molar-refractivity contribution in [2.24, 2.45) is 0 Å². The maximum Gasteiger partial charge on any atom is 0.318 e. The Kier molecular flexibility index (Phi) is 7.30. The normalized spacial score (nSPS) is 15.3. The van der Waals surface area contributed by atoms with E-state index in [2.05, 4.69) is 23.3 Å². The van der Waals surface area contributed by atoms with Gasteiger partial charge >= 0.3 is 6.03 Å². The van der Waals surface area contributed by atoms with Crippen molar-refractivity contribution in [2.45, 2.75) is 19.4 Å². The molecular weight excluding hydrogens is 386 g/mol. The van der Waals surface area contributed by atoms with Gasteiger partial charge in [0.15, 0.2) is 0 Å². The minimum Gasteiger partial charge on any atom is -0.491 e. The van der Waals surface area contributed by atoms with E-state index in [1.165, 1.54) is 9.78 Å². The third kappa shape index (κ3) is 5.17. The van der Waals surface area contributed by atoms with Crippen LogP contribution in [0.4, 0.5) is 4.79 Å². The zero-order valence-electron chi connectivity index (χ0n) is 16.7. The highest BCUT2D eigenvalue weighted by molar-refractivity contribution is 7.10. The number of fused-ring (bicyclic) bond motifs is 1. The summed E-state index contributed by atoms with van der Waals surface area (Å²) in [6, 6.07) is 11.3. The first kappa shape index (κ1) is 20.9. The molecule has 154 valence electrons. The van der Waals surface area contributed by atoms with Crippen LogP contribution in [0.3, 0.4) is 0 Å². The predicted molar refractivity (Wildman–Crippen MR) is 115 cm³/mol. The van der Waals surface area contributed by atoms with Gasteiger partial charge in [-0.15, -0.1) is 17.9 Å². The number of nitrogens with one attached hydrogen (secondary N) is 1. The molecule has 1 atom stereocenters. The van der Waals surface area contributed by atoms with Gasteiger partial charge in [-0.25, -0.2) is 4.79 Å². The number of hydrogen-bond acceptors (Lipinski definition) is 4. The van der Waals surface area contributed by atoms with Gasteiger partial charge in [0.25, 0.3) is 0 Å². The van der Waals surface area contributed by atoms with Crippen LogP contribution in [0.15, 0.2) is 54.4 Å². The van der Waals surface area contributed by atoms with E-state index in [-0.39, 0.29) is 24.5 Å². The molecule has 0 unspecified atom stereocenters. The van der Waals surface area contributed by atoms with Crippen molar-refractivity contribution in [1.82, 2.24) is 15.1 Å². The Morgan fingerprint density at radius 2 is 2.14 bits per heavy atom. The van der Waals surface area contributed by atoms with E-state index in [1.54, 1.807) is 17.4 Å². The Morgan fingerprint density at radius 3 is 2.86 bits per heavy atom. The Morgan fingerprint density at radius 1 is 1.34 bits per heavy atom. The van der Waals surface area contributed by atoms with Gasteiger partial charge in [0.2, 0.25) is 5.91 Å². The molecular formula is C22H27N3O3S. The number of nitrogens with zero attached hydrogens (tertiary/aromatic N) is 2. The summed E-state index contributed by atoms with van der Waals surface area (Å²) < 4.78 is 5.99. The summed E-state index contributed by atoms with van der Waals surface area (Å²) in [6.07, 6.45) is 2.45. The van der Waals surface area contributed by atoms with Crippen LogP contribution in [0.5, 0.6) is 5.75 Å². The van der Waals surface area contributed by atoms with Crippen LogP contribution in [0.25, 0.3) is 0 Å². The molecule has 1 aromatic heterocycles. The largest absolute Gasteiger partial charge is 0.491 e. The lowest BCUT2D eigenvalue weighted by Crippen LogP contribution is -2.49. The van der Waals surface area contributed by atoms with E-state index in [4.69, 9.17) is 4.74 Å². The molecule has 1 aliphatic rings. The lowest BCUT2D eigenvalue weighted by Gasteiger charge is -2.37. The molecule has 2 aromatic rings. The van der Waals surface area contributed by atoms with Crippen LogP contribution < -0.4 is 10.1 Å². The number of carbonyl (C=O) groups is 2. The second-order valence-corrected chi connectivity index (χ2v) is 7.78. The number of para-hydroxylation sites is 1. The zero-order chi connectivity index (χ0) is 20.6. The maximum absolute atomic E-state index is 13.2. The van der Waals surface area contributed by atoms with Crippen molar-refractivity contribution in [3.63, 3.8) is 0 Å². The summed E-state index contributed by atoms with van der Waals surface area (Å²) >= 11 is 1.72. The Labute approximate surface area is 175 Å². The lowest BCUT2D eigenvalue weighted by molar-refractivity contribution is -0.135. The van der Waals surface area contributed by atoms with Gasteiger partial charge in [-0.1, -0.05) is 24.3 Å². The van der Waals surface area contributed by atoms with E-state index in [9.17, 15) is 9.59 Å². The smallest absolute Gasteiger partial charge is 0.318 e. The third-order valence-electron chi connectivity index (χ3n) is 4.86. The van der Waals surface area contributed by atoms with E-state index in [1.807, 2.05) is 42.2 Å². The number of benzene rings is 1. The molecule has 1 aliphatic heterocycles. The summed E-state index contributed by atoms with van der Waals surface area (Å²) in [6.45, 7) is 7.39. The topological polar surface area (TPSA) is 61.9 Å². The van der Waals surface area contributed by atoms with Crippen molar-refractivity contribution in [3.8, 4) is 5.75 Å². The highest BCUT2D eigenvalue weighted by Gasteiger charge is 2.33. The summed E-state index contributed by atoms with van der Waals surface area (Å²) in [5.74, 6) is 0.689. The molecule has 7 heteroatoms. The first-order valence-electron chi connectivity index (χ1n) is 9.81. The summed E-state index contributed by atoms with van der Waals surface area (Å²) in [5.41, 5.74) is 1.14. The third-order valence-corrected chi connectivity index (χ3v) is 5.85. The van der Waals surface area contributed by atoms with E-state index in [0.29, 0.717) is 26.2 Å². The molecule has 1 aromatic carbocycles. The average molecular weight is 414 g/mol. The Hall–Kier alpha value is -2.80. The number of carbonyl (C=O) groups excluding carboxylic acids is 2. The fourth-order valence-electron chi connectivity index (χ4n) is 3.46. The van der Waals surface area contributed by atoms with Gasteiger partial charge in [0.1, 0.15) is 18.9 Å². The molecule has 3 rings (SSSR count). The zero-order valence-corrected chi connectivity index (χ0v) is 17.5. The number of urea groups is 1. The van der Waals surface area contributed by atoms with Gasteiger partial charge in [0.05, 0.1) is 6.04 Å². The molecule has 3 amide bonds. The molecule has 0 saturated heterocycles. The number of amides is 3. The van der Waals surface area contributed by atoms with Crippen molar-refractivity contribution >= 4 is 23.3 Å². The predicted octanol–water partition coefficient (Wildman–Crippen LogP) is 3.47. The van der Waals surface area contributed by atoms with Crippen LogP contribution in [0.2, 0.25) is 0 Å². The second kappa shape index (κ2) is 10.1. The Balaban J connectivity index is 1.75. The van der Waals surface area contributed by atoms with Crippen molar-refractivity contribution in [3.05, 3.63) is 64.9 Å². The van der Waals surface area contributed by atoms with Crippen LogP contribution >= 0.6 is 11.3 Å². The van der Waals surface area contributed by atoms with Gasteiger partial charge in [-0.05, 0) is 42.5 Å². The quantitative estimate of drug-likeness (QED) is 0.674. The summed E-state index contributed by atoms with van der Waals surface area (Å²) in [7, 11) is 0. The van der Waals surface area contributed by atoms with Gasteiger partial charge in [-0.2, -0.15) is 0 Å². The number of hydrogen-bond donors (Lipinski definition) is 1. The van der Waals surface area contributed by atoms with E-state index >= 15 is 0 Å². The minimum atomic E-state index is -0.258. The Bertz CT molecular complexity index is 837. The van der Waals surface area contributed by atoms with Crippen molar-refractivity contribution in [2.75, 3.05) is 32.8 Å². The van der Waals surface area contributed by atoms with E-state index < -0.39 is 0 Å². The highest BCUT2D eigenvalue weighted by atomic mass is 32.1. The fraction of sp³-hybridized carbons (Fsp3) is 0.364. The highest BCUT2D eigenvalue weighted by Crippen LogP contribution is 2.34. The molecule has 0 aliphatic carbocycles. The van der Waals surface area contributed by atoms with Gasteiger partial charge in [-0.3, -0.25) is 4.79 Å². The fourth-order valence-corrected chi connectivity index (χ4v) is 4.39. The summed E-state index contributed by atoms with van der Waals surface area (Å²) in [5, 5.41) is 4.82. The van der Waals surface area contributed by atoms with E-state index in [0.717, 1.165) is 17.7 Å². The molecule has 0 radical (unpaired) electrons. The van der Waals surface area contributed by atoms with Crippen molar-refractivity contribution < 1.29 is 14.3 Å². The van der Waals surface area contributed by atoms with Crippen molar-refractivity contribution in [1.29, 1.82) is 0 Å². The molecule has 0 fully saturated rings. The number of thiophene rings is 1. The molecule has 2 heterocycles. The van der Waals surface area contributed by atoms with Crippen LogP contribution in [-0.4, -0.2) is 54.5 Å². The molecule has 0 spiro atoms. The standard InChI is InChI=1S/C22H27N3O3S/c1-3-12-24(22(27)23-4-2)15-21(26)25-13-10-20-18(11-14-29-20)19(25)16-28-17-8-6-5-7-9-17/h3,5-9,11,14,19H,1,4,10,12-13,15-16H2,2H3,(H,23,27)/t19-/m1/s1. The number of rotatable bonds is 8. The number of ether oxygens (including phenoxy) is 1. The average Bonchev–Trinajstić information content (AvgIpc) is 3.21. The van der Waals surface area contributed by atoms with Crippen LogP contribution in [-0.2, 0) is 11.2 Å². The summed E-state index contributed by atoms with van der Waals surface area (Å²) in [4.78, 5) is 30.1. The minimum absolute atomic E-state index is 0.0131. The molecule has 29 heavy (non-hydrogen) atoms. The second-order valence-electron chi connectivity index (χ2n) is 6.78. The van der Waals surface area contributed by atoms with Gasteiger partial charge in [0, 0.05) is 24.5 Å². The lowest BCUT2D eigenvalue weighted by atomic mass is 10.0. The maximum atomic E-state index is 13.2. The first-order chi connectivity index (χ1) is 14.1. The SMILES string of the molecule is C=CCN(CC(=O)N1CCc2sccc2[C@H]1COc1ccccc1)C(=O)NCC. The van der Waals surface area contributed by atoms with Crippen LogP contribution in [0.1, 0.15) is 23.4 Å². The molecule has 1 N–H and O–H groups in total. The first-order valence-corrected chi connectivity index (χ1v) is 10.7.